The molecule has 0 atom stereocenters. The lowest BCUT2D eigenvalue weighted by Crippen LogP contribution is -2.20. The van der Waals surface area contributed by atoms with Crippen LogP contribution in [-0.2, 0) is 0 Å². The highest BCUT2D eigenvalue weighted by Gasteiger charge is 2.17. The first-order valence-electron chi connectivity index (χ1n) is 9.04. The Morgan fingerprint density at radius 1 is 1.13 bits per heavy atom. The number of rotatable bonds is 4. The number of benzene rings is 2. The fourth-order valence-corrected chi connectivity index (χ4v) is 3.18. The van der Waals surface area contributed by atoms with Crippen LogP contribution >= 0.6 is 0 Å². The minimum absolute atomic E-state index is 0.281. The lowest BCUT2D eigenvalue weighted by atomic mass is 10.1. The number of nitrogens with zero attached hydrogens (tertiary/aromatic N) is 4. The summed E-state index contributed by atoms with van der Waals surface area (Å²) < 4.78 is 6.46. The molecule has 0 saturated heterocycles. The van der Waals surface area contributed by atoms with Gasteiger partial charge in [-0.25, -0.2) is 9.55 Å². The van der Waals surface area contributed by atoms with E-state index >= 15 is 0 Å². The van der Waals surface area contributed by atoms with E-state index in [1.165, 1.54) is 13.3 Å². The Kier molecular flexibility index (Phi) is 4.97. The molecule has 0 aliphatic rings. The average molecular weight is 396 g/mol. The molecule has 146 valence electrons. The number of pyridine rings is 2. The van der Waals surface area contributed by atoms with Crippen LogP contribution in [0.5, 0.6) is 11.6 Å². The van der Waals surface area contributed by atoms with Gasteiger partial charge in [0.25, 0.3) is 5.56 Å². The number of hydrogen-bond acceptors (Lipinski definition) is 6. The molecule has 0 aliphatic carbocycles. The summed E-state index contributed by atoms with van der Waals surface area (Å²) in [5.41, 5.74) is 0.814. The number of nitriles is 1. The van der Waals surface area contributed by atoms with Crippen molar-refractivity contribution in [3.63, 3.8) is 0 Å². The van der Waals surface area contributed by atoms with Crippen LogP contribution in [0.3, 0.4) is 0 Å². The second-order valence-corrected chi connectivity index (χ2v) is 6.37. The van der Waals surface area contributed by atoms with E-state index in [0.717, 1.165) is 4.57 Å². The van der Waals surface area contributed by atoms with E-state index in [0.29, 0.717) is 39.2 Å². The van der Waals surface area contributed by atoms with Gasteiger partial charge in [0.05, 0.1) is 24.3 Å². The maximum Gasteiger partial charge on any atom is 0.267 e. The molecular formula is C23H16N4O3. The first kappa shape index (κ1) is 18.9. The standard InChI is InChI=1S/C23H16N4O3/c1-30-20-10-9-15(13-24)12-19(20)26-14-18-16-6-2-3-7-17(16)22(28)27(23(18)29)21-8-4-5-11-25-21/h2-12,14,29H,1H3. The van der Waals surface area contributed by atoms with Crippen molar-refractivity contribution in [1.82, 2.24) is 9.55 Å². The van der Waals surface area contributed by atoms with Crippen molar-refractivity contribution in [2.75, 3.05) is 7.11 Å². The zero-order chi connectivity index (χ0) is 21.1. The minimum Gasteiger partial charge on any atom is -0.494 e. The maximum atomic E-state index is 13.0. The molecule has 2 aromatic heterocycles. The van der Waals surface area contributed by atoms with Crippen LogP contribution < -0.4 is 10.3 Å². The monoisotopic (exact) mass is 396 g/mol. The van der Waals surface area contributed by atoms with Gasteiger partial charge in [-0.15, -0.1) is 0 Å². The van der Waals surface area contributed by atoms with E-state index in [4.69, 9.17) is 10.00 Å². The number of aliphatic imine (C=N–C) groups is 1. The molecule has 7 heteroatoms. The Bertz CT molecular complexity index is 1370. The van der Waals surface area contributed by atoms with Gasteiger partial charge in [0.15, 0.2) is 0 Å². The molecule has 0 saturated carbocycles. The normalized spacial score (nSPS) is 10.9. The maximum absolute atomic E-state index is 13.0. The van der Waals surface area contributed by atoms with Crippen LogP contribution in [0.15, 0.2) is 76.6 Å². The highest BCUT2D eigenvalue weighted by molar-refractivity contribution is 6.02. The average Bonchev–Trinajstić information content (AvgIpc) is 2.79. The van der Waals surface area contributed by atoms with Crippen molar-refractivity contribution in [3.05, 3.63) is 88.3 Å². The van der Waals surface area contributed by atoms with Crippen LogP contribution in [0.2, 0.25) is 0 Å². The van der Waals surface area contributed by atoms with Crippen molar-refractivity contribution in [2.45, 2.75) is 0 Å². The van der Waals surface area contributed by atoms with Gasteiger partial charge in [-0.2, -0.15) is 5.26 Å². The molecule has 4 rings (SSSR count). The Morgan fingerprint density at radius 2 is 1.90 bits per heavy atom. The number of methoxy groups -OCH3 is 1. The predicted molar refractivity (Wildman–Crippen MR) is 114 cm³/mol. The fourth-order valence-electron chi connectivity index (χ4n) is 3.18. The first-order chi connectivity index (χ1) is 14.6. The van der Waals surface area contributed by atoms with Crippen LogP contribution in [0.25, 0.3) is 16.6 Å². The van der Waals surface area contributed by atoms with E-state index in [1.54, 1.807) is 66.9 Å². The summed E-state index contributed by atoms with van der Waals surface area (Å²) in [6.45, 7) is 0. The molecule has 7 nitrogen and oxygen atoms in total. The highest BCUT2D eigenvalue weighted by Crippen LogP contribution is 2.30. The van der Waals surface area contributed by atoms with Crippen LogP contribution in [0, 0.1) is 11.3 Å². The summed E-state index contributed by atoms with van der Waals surface area (Å²) in [4.78, 5) is 21.6. The molecule has 30 heavy (non-hydrogen) atoms. The molecule has 0 aliphatic heterocycles. The Morgan fingerprint density at radius 3 is 2.60 bits per heavy atom. The summed E-state index contributed by atoms with van der Waals surface area (Å²) in [5.74, 6) is 0.494. The number of ether oxygens (including phenoxy) is 1. The third kappa shape index (κ3) is 3.27. The third-order valence-electron chi connectivity index (χ3n) is 4.62. The van der Waals surface area contributed by atoms with Crippen molar-refractivity contribution in [3.8, 4) is 23.5 Å². The number of hydrogen-bond donors (Lipinski definition) is 1. The largest absolute Gasteiger partial charge is 0.494 e. The highest BCUT2D eigenvalue weighted by atomic mass is 16.5. The second kappa shape index (κ2) is 7.89. The smallest absolute Gasteiger partial charge is 0.267 e. The van der Waals surface area contributed by atoms with Gasteiger partial charge in [0.2, 0.25) is 5.88 Å². The lowest BCUT2D eigenvalue weighted by molar-refractivity contribution is 0.416. The molecule has 0 bridgehead atoms. The zero-order valence-corrected chi connectivity index (χ0v) is 16.0. The zero-order valence-electron chi connectivity index (χ0n) is 16.0. The summed E-state index contributed by atoms with van der Waals surface area (Å²) >= 11 is 0. The Hall–Kier alpha value is -4.44. The van der Waals surface area contributed by atoms with Gasteiger partial charge in [-0.05, 0) is 36.4 Å². The molecule has 0 radical (unpaired) electrons. The molecule has 0 amide bonds. The van der Waals surface area contributed by atoms with Crippen molar-refractivity contribution in [1.29, 1.82) is 5.26 Å². The van der Waals surface area contributed by atoms with Gasteiger partial charge >= 0.3 is 0 Å². The molecule has 1 N–H and O–H groups in total. The van der Waals surface area contributed by atoms with E-state index in [-0.39, 0.29) is 11.4 Å². The molecule has 0 fully saturated rings. The van der Waals surface area contributed by atoms with E-state index in [1.807, 2.05) is 0 Å². The number of fused-ring (bicyclic) bond motifs is 1. The minimum atomic E-state index is -0.386. The molecule has 4 aromatic rings. The molecule has 0 unspecified atom stereocenters. The summed E-state index contributed by atoms with van der Waals surface area (Å²) in [5, 5.41) is 21.1. The number of aromatic hydroxyl groups is 1. The lowest BCUT2D eigenvalue weighted by Gasteiger charge is -2.13. The third-order valence-corrected chi connectivity index (χ3v) is 4.62. The van der Waals surface area contributed by atoms with Gasteiger partial charge in [0.1, 0.15) is 17.3 Å². The van der Waals surface area contributed by atoms with E-state index in [2.05, 4.69) is 16.0 Å². The van der Waals surface area contributed by atoms with E-state index in [9.17, 15) is 9.90 Å². The van der Waals surface area contributed by atoms with Crippen molar-refractivity contribution < 1.29 is 9.84 Å². The molecular weight excluding hydrogens is 380 g/mol. The molecule has 2 aromatic carbocycles. The van der Waals surface area contributed by atoms with Gasteiger partial charge in [-0.3, -0.25) is 9.79 Å². The topological polar surface area (TPSA) is 100 Å². The van der Waals surface area contributed by atoms with Gasteiger partial charge in [0, 0.05) is 23.2 Å². The van der Waals surface area contributed by atoms with Gasteiger partial charge < -0.3 is 9.84 Å². The van der Waals surface area contributed by atoms with Crippen LogP contribution in [0.1, 0.15) is 11.1 Å². The molecule has 2 heterocycles. The van der Waals surface area contributed by atoms with Crippen molar-refractivity contribution >= 4 is 22.7 Å². The van der Waals surface area contributed by atoms with Crippen molar-refractivity contribution in [2.24, 2.45) is 4.99 Å². The summed E-state index contributed by atoms with van der Waals surface area (Å²) in [6, 6.07) is 19.0. The molecule has 0 spiro atoms. The summed E-state index contributed by atoms with van der Waals surface area (Å²) in [6.07, 6.45) is 3.00. The van der Waals surface area contributed by atoms with Crippen LogP contribution in [0.4, 0.5) is 5.69 Å². The predicted octanol–water partition coefficient (Wildman–Crippen LogP) is 3.72. The van der Waals surface area contributed by atoms with Crippen LogP contribution in [-0.4, -0.2) is 28.0 Å². The van der Waals surface area contributed by atoms with E-state index < -0.39 is 0 Å². The quantitative estimate of drug-likeness (QED) is 0.530. The second-order valence-electron chi connectivity index (χ2n) is 6.37. The SMILES string of the molecule is COc1ccc(C#N)cc1N=Cc1c(O)n(-c2ccccn2)c(=O)c2ccccc12. The first-order valence-corrected chi connectivity index (χ1v) is 9.04. The summed E-state index contributed by atoms with van der Waals surface area (Å²) in [7, 11) is 1.51. The number of aromatic nitrogens is 2. The van der Waals surface area contributed by atoms with Gasteiger partial charge in [-0.1, -0.05) is 24.3 Å². The Labute approximate surface area is 171 Å². The Balaban J connectivity index is 1.97. The fraction of sp³-hybridized carbons (Fsp3) is 0.0435.